The summed E-state index contributed by atoms with van der Waals surface area (Å²) < 4.78 is 0. The van der Waals surface area contributed by atoms with Crippen LogP contribution in [0.25, 0.3) is 0 Å². The summed E-state index contributed by atoms with van der Waals surface area (Å²) in [5, 5.41) is 8.79. The zero-order chi connectivity index (χ0) is 8.39. The molecule has 2 aliphatic rings. The molecule has 3 nitrogen and oxygen atoms in total. The van der Waals surface area contributed by atoms with Crippen LogP contribution in [0.5, 0.6) is 0 Å². The molecule has 12 heavy (non-hydrogen) atoms. The number of β-amino-alcohol motifs (C(OH)–C–C–N with tert-alkyl or cyclic N) is 1. The Balaban J connectivity index is 1.86. The fourth-order valence-electron chi connectivity index (χ4n) is 2.04. The average Bonchev–Trinajstić information content (AvgIpc) is 2.51. The van der Waals surface area contributed by atoms with Crippen molar-refractivity contribution in [2.45, 2.75) is 12.5 Å². The van der Waals surface area contributed by atoms with E-state index in [-0.39, 0.29) is 0 Å². The van der Waals surface area contributed by atoms with E-state index in [1.165, 1.54) is 6.42 Å². The van der Waals surface area contributed by atoms with E-state index in [4.69, 9.17) is 5.11 Å². The number of nitrogens with zero attached hydrogens (tertiary/aromatic N) is 2. The van der Waals surface area contributed by atoms with Gasteiger partial charge in [0.15, 0.2) is 0 Å². The van der Waals surface area contributed by atoms with Crippen LogP contribution < -0.4 is 0 Å². The summed E-state index contributed by atoms with van der Waals surface area (Å²) in [6.45, 7) is 4.47. The van der Waals surface area contributed by atoms with Crippen molar-refractivity contribution in [3.8, 4) is 0 Å². The van der Waals surface area contributed by atoms with Gasteiger partial charge in [-0.25, -0.2) is 0 Å². The first-order valence-corrected chi connectivity index (χ1v) is 4.66. The topological polar surface area (TPSA) is 26.7 Å². The van der Waals surface area contributed by atoms with E-state index in [1.807, 2.05) is 0 Å². The van der Waals surface area contributed by atoms with Gasteiger partial charge in [0.2, 0.25) is 0 Å². The average molecular weight is 168 g/mol. The fraction of sp³-hybridized carbons (Fsp3) is 0.778. The standard InChI is InChI=1S/C9H16N2O/c12-7-6-10-4-5-11-3-1-2-9(11)8-10/h1,3,9,12H,2,4-8H2/t9-/m0/s1. The van der Waals surface area contributed by atoms with Gasteiger partial charge in [0.1, 0.15) is 0 Å². The zero-order valence-corrected chi connectivity index (χ0v) is 7.32. The van der Waals surface area contributed by atoms with Crippen LogP contribution in [0, 0.1) is 0 Å². The summed E-state index contributed by atoms with van der Waals surface area (Å²) in [5.41, 5.74) is 0. The molecule has 3 heteroatoms. The van der Waals surface area contributed by atoms with Gasteiger partial charge in [0, 0.05) is 32.2 Å². The van der Waals surface area contributed by atoms with Crippen LogP contribution in [-0.4, -0.2) is 53.7 Å². The van der Waals surface area contributed by atoms with Crippen molar-refractivity contribution < 1.29 is 5.11 Å². The largest absolute Gasteiger partial charge is 0.395 e. The molecule has 1 saturated heterocycles. The van der Waals surface area contributed by atoms with Gasteiger partial charge in [0.05, 0.1) is 6.61 Å². The molecular weight excluding hydrogens is 152 g/mol. The molecule has 0 bridgehead atoms. The Bertz CT molecular complexity index is 181. The van der Waals surface area contributed by atoms with Gasteiger partial charge >= 0.3 is 0 Å². The van der Waals surface area contributed by atoms with Crippen LogP contribution in [0.2, 0.25) is 0 Å². The summed E-state index contributed by atoms with van der Waals surface area (Å²) in [4.78, 5) is 4.75. The third-order valence-corrected chi connectivity index (χ3v) is 2.73. The third-order valence-electron chi connectivity index (χ3n) is 2.73. The van der Waals surface area contributed by atoms with Crippen molar-refractivity contribution in [1.82, 2.24) is 9.80 Å². The van der Waals surface area contributed by atoms with Crippen LogP contribution in [-0.2, 0) is 0 Å². The molecule has 0 saturated carbocycles. The molecule has 0 aromatic carbocycles. The second-order valence-electron chi connectivity index (χ2n) is 3.54. The Morgan fingerprint density at radius 2 is 2.33 bits per heavy atom. The molecule has 0 radical (unpaired) electrons. The van der Waals surface area contributed by atoms with Gasteiger partial charge in [-0.1, -0.05) is 6.08 Å². The highest BCUT2D eigenvalue weighted by molar-refractivity contribution is 5.01. The van der Waals surface area contributed by atoms with Crippen molar-refractivity contribution in [3.63, 3.8) is 0 Å². The minimum Gasteiger partial charge on any atom is -0.395 e. The van der Waals surface area contributed by atoms with E-state index >= 15 is 0 Å². The molecule has 0 aromatic rings. The molecule has 1 fully saturated rings. The maximum atomic E-state index is 8.79. The van der Waals surface area contributed by atoms with Crippen LogP contribution >= 0.6 is 0 Å². The molecule has 0 spiro atoms. The Labute approximate surface area is 73.3 Å². The van der Waals surface area contributed by atoms with E-state index in [9.17, 15) is 0 Å². The lowest BCUT2D eigenvalue weighted by molar-refractivity contribution is 0.103. The number of piperazine rings is 1. The SMILES string of the molecule is OCCN1CCN2C=CC[C@H]2C1. The Morgan fingerprint density at radius 1 is 1.42 bits per heavy atom. The van der Waals surface area contributed by atoms with Gasteiger partial charge in [-0.2, -0.15) is 0 Å². The molecule has 0 aliphatic carbocycles. The second-order valence-corrected chi connectivity index (χ2v) is 3.54. The summed E-state index contributed by atoms with van der Waals surface area (Å²) in [6.07, 6.45) is 5.63. The van der Waals surface area contributed by atoms with Crippen molar-refractivity contribution in [2.75, 3.05) is 32.8 Å². The quantitative estimate of drug-likeness (QED) is 0.623. The van der Waals surface area contributed by atoms with Crippen molar-refractivity contribution in [3.05, 3.63) is 12.3 Å². The number of hydrogen-bond donors (Lipinski definition) is 1. The number of aliphatic hydroxyl groups excluding tert-OH is 1. The third kappa shape index (κ3) is 1.47. The molecule has 0 amide bonds. The van der Waals surface area contributed by atoms with Gasteiger partial charge < -0.3 is 10.0 Å². The molecule has 0 unspecified atom stereocenters. The van der Waals surface area contributed by atoms with Gasteiger partial charge in [-0.05, 0) is 12.6 Å². The number of aliphatic hydroxyl groups is 1. The van der Waals surface area contributed by atoms with E-state index < -0.39 is 0 Å². The second kappa shape index (κ2) is 3.46. The lowest BCUT2D eigenvalue weighted by Crippen LogP contribution is -2.49. The predicted octanol–water partition coefficient (Wildman–Crippen LogP) is -0.118. The maximum Gasteiger partial charge on any atom is 0.0558 e. The molecule has 1 N–H and O–H groups in total. The highest BCUT2D eigenvalue weighted by Crippen LogP contribution is 2.18. The smallest absolute Gasteiger partial charge is 0.0558 e. The predicted molar refractivity (Wildman–Crippen MR) is 47.8 cm³/mol. The van der Waals surface area contributed by atoms with E-state index in [2.05, 4.69) is 22.1 Å². The summed E-state index contributed by atoms with van der Waals surface area (Å²) in [7, 11) is 0. The first-order valence-electron chi connectivity index (χ1n) is 4.66. The van der Waals surface area contributed by atoms with Crippen LogP contribution in [0.15, 0.2) is 12.3 Å². The summed E-state index contributed by atoms with van der Waals surface area (Å²) in [5.74, 6) is 0. The lowest BCUT2D eigenvalue weighted by atomic mass is 10.1. The van der Waals surface area contributed by atoms with Gasteiger partial charge in [0.25, 0.3) is 0 Å². The first-order chi connectivity index (χ1) is 5.90. The molecule has 2 rings (SSSR count). The highest BCUT2D eigenvalue weighted by Gasteiger charge is 2.25. The molecule has 68 valence electrons. The number of fused-ring (bicyclic) bond motifs is 1. The van der Waals surface area contributed by atoms with Crippen LogP contribution in [0.4, 0.5) is 0 Å². The van der Waals surface area contributed by atoms with Gasteiger partial charge in [-0.3, -0.25) is 4.90 Å². The number of rotatable bonds is 2. The maximum absolute atomic E-state index is 8.79. The van der Waals surface area contributed by atoms with Gasteiger partial charge in [-0.15, -0.1) is 0 Å². The van der Waals surface area contributed by atoms with Crippen LogP contribution in [0.3, 0.4) is 0 Å². The summed E-state index contributed by atoms with van der Waals surface area (Å²) >= 11 is 0. The number of hydrogen-bond acceptors (Lipinski definition) is 3. The molecule has 1 atom stereocenters. The van der Waals surface area contributed by atoms with Crippen molar-refractivity contribution in [1.29, 1.82) is 0 Å². The first kappa shape index (κ1) is 8.08. The highest BCUT2D eigenvalue weighted by atomic mass is 16.3. The Morgan fingerprint density at radius 3 is 3.17 bits per heavy atom. The monoisotopic (exact) mass is 168 g/mol. The van der Waals surface area contributed by atoms with E-state index in [1.54, 1.807) is 0 Å². The Hall–Kier alpha value is -0.540. The Kier molecular flexibility index (Phi) is 2.33. The normalized spacial score (nSPS) is 29.4. The molecule has 2 heterocycles. The summed E-state index contributed by atoms with van der Waals surface area (Å²) in [6, 6.07) is 0.685. The molecule has 2 aliphatic heterocycles. The van der Waals surface area contributed by atoms with E-state index in [0.717, 1.165) is 26.2 Å². The van der Waals surface area contributed by atoms with E-state index in [0.29, 0.717) is 12.6 Å². The molecule has 0 aromatic heterocycles. The minimum atomic E-state index is 0.292. The lowest BCUT2D eigenvalue weighted by Gasteiger charge is -2.37. The minimum absolute atomic E-state index is 0.292. The molecular formula is C9H16N2O. The zero-order valence-electron chi connectivity index (χ0n) is 7.32. The van der Waals surface area contributed by atoms with Crippen LogP contribution in [0.1, 0.15) is 6.42 Å². The van der Waals surface area contributed by atoms with Crippen molar-refractivity contribution >= 4 is 0 Å². The fourth-order valence-corrected chi connectivity index (χ4v) is 2.04. The van der Waals surface area contributed by atoms with Crippen molar-refractivity contribution in [2.24, 2.45) is 0 Å².